The molecule has 0 bridgehead atoms. The Morgan fingerprint density at radius 2 is 2.00 bits per heavy atom. The van der Waals surface area contributed by atoms with Gasteiger partial charge < -0.3 is 0 Å². The number of aliphatic imine (C=N–C) groups is 1. The monoisotopic (exact) mass is 475 g/mol. The van der Waals surface area contributed by atoms with Gasteiger partial charge in [-0.25, -0.2) is 4.99 Å². The molecule has 168 valence electrons. The highest BCUT2D eigenvalue weighted by atomic mass is 32.2. The van der Waals surface area contributed by atoms with Gasteiger partial charge in [-0.1, -0.05) is 50.7 Å². The number of nitro benzene ring substituents is 1. The van der Waals surface area contributed by atoms with Crippen LogP contribution in [0.2, 0.25) is 0 Å². The van der Waals surface area contributed by atoms with E-state index in [1.807, 2.05) is 30.3 Å². The molecule has 0 radical (unpaired) electrons. The first kappa shape index (κ1) is 23.2. The van der Waals surface area contributed by atoms with Crippen LogP contribution in [-0.2, 0) is 12.8 Å². The van der Waals surface area contributed by atoms with E-state index < -0.39 is 4.92 Å². The number of nitro groups is 1. The number of nitrogens with zero attached hydrogens (tertiary/aromatic N) is 3. The van der Waals surface area contributed by atoms with Crippen molar-refractivity contribution >= 4 is 40.0 Å². The third kappa shape index (κ3) is 5.18. The minimum Gasteiger partial charge on any atom is -0.258 e. The molecule has 1 aliphatic carbocycles. The van der Waals surface area contributed by atoms with Crippen molar-refractivity contribution in [1.29, 1.82) is 5.26 Å². The number of benzene rings is 2. The first-order valence-corrected chi connectivity index (χ1v) is 12.5. The van der Waals surface area contributed by atoms with Gasteiger partial charge in [0.1, 0.15) is 11.1 Å². The van der Waals surface area contributed by atoms with Gasteiger partial charge in [-0.05, 0) is 54.4 Å². The minimum atomic E-state index is -0.397. The predicted molar refractivity (Wildman–Crippen MR) is 135 cm³/mol. The Kier molecular flexibility index (Phi) is 6.68. The first-order valence-electron chi connectivity index (χ1n) is 10.9. The molecule has 0 N–H and O–H groups in total. The second-order valence-electron chi connectivity index (χ2n) is 9.25. The lowest BCUT2D eigenvalue weighted by Crippen LogP contribution is -2.26. The molecule has 5 nitrogen and oxygen atoms in total. The summed E-state index contributed by atoms with van der Waals surface area (Å²) in [6, 6.07) is 17.1. The van der Waals surface area contributed by atoms with Gasteiger partial charge in [0.05, 0.1) is 10.5 Å². The zero-order valence-electron chi connectivity index (χ0n) is 18.9. The van der Waals surface area contributed by atoms with E-state index in [9.17, 15) is 15.4 Å². The molecule has 0 saturated heterocycles. The molecule has 0 amide bonds. The van der Waals surface area contributed by atoms with E-state index in [1.165, 1.54) is 22.7 Å². The summed E-state index contributed by atoms with van der Waals surface area (Å²) in [5, 5.41) is 21.9. The van der Waals surface area contributed by atoms with Crippen LogP contribution >= 0.6 is 23.1 Å². The van der Waals surface area contributed by atoms with Crippen LogP contribution in [0.3, 0.4) is 0 Å². The molecule has 3 aromatic rings. The van der Waals surface area contributed by atoms with Gasteiger partial charge in [0.2, 0.25) is 0 Å². The van der Waals surface area contributed by atoms with Crippen LogP contribution < -0.4 is 0 Å². The van der Waals surface area contributed by atoms with Gasteiger partial charge >= 0.3 is 0 Å². The minimum absolute atomic E-state index is 0.0212. The topological polar surface area (TPSA) is 79.3 Å². The van der Waals surface area contributed by atoms with Gasteiger partial charge in [-0.15, -0.1) is 11.3 Å². The van der Waals surface area contributed by atoms with Crippen molar-refractivity contribution in [1.82, 2.24) is 0 Å². The molecule has 1 atom stereocenters. The lowest BCUT2D eigenvalue weighted by molar-refractivity contribution is -0.384. The van der Waals surface area contributed by atoms with E-state index in [1.54, 1.807) is 29.7 Å². The average molecular weight is 476 g/mol. The van der Waals surface area contributed by atoms with Crippen LogP contribution in [0, 0.1) is 32.8 Å². The summed E-state index contributed by atoms with van der Waals surface area (Å²) >= 11 is 3.12. The fourth-order valence-electron chi connectivity index (χ4n) is 4.10. The van der Waals surface area contributed by atoms with E-state index >= 15 is 0 Å². The Hall–Kier alpha value is -2.95. The molecule has 0 saturated carbocycles. The molecule has 33 heavy (non-hydrogen) atoms. The quantitative estimate of drug-likeness (QED) is 0.216. The number of fused-ring (bicyclic) bond motifs is 1. The van der Waals surface area contributed by atoms with E-state index in [0.717, 1.165) is 34.6 Å². The maximum atomic E-state index is 11.4. The zero-order chi connectivity index (χ0) is 23.6. The van der Waals surface area contributed by atoms with Crippen LogP contribution in [0.25, 0.3) is 0 Å². The van der Waals surface area contributed by atoms with Crippen LogP contribution in [0.5, 0.6) is 0 Å². The SMILES string of the molecule is CC(C)(C)[C@H]1CCc2c(sc(N=Cc3cc([N+](=O)[O-])ccc3Sc3ccccc3)c2C#N)C1. The summed E-state index contributed by atoms with van der Waals surface area (Å²) in [7, 11) is 0. The summed E-state index contributed by atoms with van der Waals surface area (Å²) < 4.78 is 0. The molecule has 1 aliphatic rings. The van der Waals surface area contributed by atoms with Crippen molar-refractivity contribution in [3.05, 3.63) is 80.2 Å². The highest BCUT2D eigenvalue weighted by molar-refractivity contribution is 7.99. The van der Waals surface area contributed by atoms with Crippen molar-refractivity contribution in [2.45, 2.75) is 49.8 Å². The molecular formula is C26H25N3O2S2. The molecule has 0 fully saturated rings. The van der Waals surface area contributed by atoms with Crippen LogP contribution in [0.4, 0.5) is 10.7 Å². The lowest BCUT2D eigenvalue weighted by Gasteiger charge is -2.33. The standard InChI is InChI=1S/C26H25N3O2S2/c1-26(2,3)18-9-11-21-22(15-27)25(33-24(21)14-18)28-16-17-13-19(29(30)31)10-12-23(17)32-20-7-5-4-6-8-20/h4-8,10,12-13,16,18H,9,11,14H2,1-3H3/t18-/m0/s1. The van der Waals surface area contributed by atoms with Crippen molar-refractivity contribution in [2.24, 2.45) is 16.3 Å². The summed E-state index contributed by atoms with van der Waals surface area (Å²) in [6.45, 7) is 6.82. The molecule has 0 aliphatic heterocycles. The smallest absolute Gasteiger partial charge is 0.258 e. The van der Waals surface area contributed by atoms with E-state index in [0.29, 0.717) is 22.0 Å². The Morgan fingerprint density at radius 1 is 1.24 bits per heavy atom. The average Bonchev–Trinajstić information content (AvgIpc) is 3.15. The Labute approximate surface area is 202 Å². The molecule has 2 aromatic carbocycles. The van der Waals surface area contributed by atoms with Crippen LogP contribution in [-0.4, -0.2) is 11.1 Å². The fraction of sp³-hybridized carbons (Fsp3) is 0.308. The number of non-ortho nitro benzene ring substituents is 1. The fourth-order valence-corrected chi connectivity index (χ4v) is 6.24. The van der Waals surface area contributed by atoms with E-state index in [2.05, 4.69) is 31.8 Å². The summed E-state index contributed by atoms with van der Waals surface area (Å²) in [4.78, 5) is 18.8. The Balaban J connectivity index is 1.69. The number of hydrogen-bond donors (Lipinski definition) is 0. The van der Waals surface area contributed by atoms with Gasteiger partial charge in [0.25, 0.3) is 5.69 Å². The molecular weight excluding hydrogens is 450 g/mol. The third-order valence-corrected chi connectivity index (χ3v) is 8.34. The molecule has 1 aromatic heterocycles. The molecule has 1 heterocycles. The van der Waals surface area contributed by atoms with Gasteiger partial charge in [0.15, 0.2) is 0 Å². The summed E-state index contributed by atoms with van der Waals surface area (Å²) in [5.74, 6) is 0.581. The van der Waals surface area contributed by atoms with Crippen molar-refractivity contribution in [3.63, 3.8) is 0 Å². The summed E-state index contributed by atoms with van der Waals surface area (Å²) in [5.41, 5.74) is 2.70. The second kappa shape index (κ2) is 9.50. The number of hydrogen-bond acceptors (Lipinski definition) is 6. The van der Waals surface area contributed by atoms with Crippen molar-refractivity contribution in [2.75, 3.05) is 0 Å². The number of rotatable bonds is 5. The molecule has 4 rings (SSSR count). The number of thiophene rings is 1. The van der Waals surface area contributed by atoms with Gasteiger partial charge in [-0.2, -0.15) is 5.26 Å². The van der Waals surface area contributed by atoms with E-state index in [4.69, 9.17) is 0 Å². The number of nitriles is 1. The summed E-state index contributed by atoms with van der Waals surface area (Å²) in [6.07, 6.45) is 4.61. The molecule has 0 unspecified atom stereocenters. The zero-order valence-corrected chi connectivity index (χ0v) is 20.5. The van der Waals surface area contributed by atoms with Crippen LogP contribution in [0.15, 0.2) is 63.3 Å². The van der Waals surface area contributed by atoms with Crippen molar-refractivity contribution < 1.29 is 4.92 Å². The maximum absolute atomic E-state index is 11.4. The first-order chi connectivity index (χ1) is 15.8. The Bertz CT molecular complexity index is 1250. The van der Waals surface area contributed by atoms with Crippen molar-refractivity contribution in [3.8, 4) is 6.07 Å². The second-order valence-corrected chi connectivity index (χ2v) is 11.5. The molecule has 7 heteroatoms. The van der Waals surface area contributed by atoms with Gasteiger partial charge in [-0.3, -0.25) is 10.1 Å². The maximum Gasteiger partial charge on any atom is 0.270 e. The predicted octanol–water partition coefficient (Wildman–Crippen LogP) is 7.58. The largest absolute Gasteiger partial charge is 0.270 e. The highest BCUT2D eigenvalue weighted by Crippen LogP contribution is 2.45. The normalized spacial score (nSPS) is 15.9. The van der Waals surface area contributed by atoms with Crippen LogP contribution in [0.1, 0.15) is 48.8 Å². The third-order valence-electron chi connectivity index (χ3n) is 6.08. The lowest BCUT2D eigenvalue weighted by atomic mass is 9.72. The molecule has 0 spiro atoms. The van der Waals surface area contributed by atoms with Gasteiger partial charge in [0, 0.05) is 38.6 Å². The van der Waals surface area contributed by atoms with E-state index in [-0.39, 0.29) is 11.1 Å². The highest BCUT2D eigenvalue weighted by Gasteiger charge is 2.32. The Morgan fingerprint density at radius 3 is 2.67 bits per heavy atom.